The van der Waals surface area contributed by atoms with Gasteiger partial charge in [0.25, 0.3) is 5.91 Å². The molecule has 0 unspecified atom stereocenters. The molecule has 0 bridgehead atoms. The van der Waals surface area contributed by atoms with Crippen molar-refractivity contribution >= 4 is 23.2 Å². The average molecular weight is 339 g/mol. The molecule has 2 N–H and O–H groups in total. The van der Waals surface area contributed by atoms with Crippen LogP contribution in [-0.2, 0) is 4.79 Å². The highest BCUT2D eigenvalue weighted by Gasteiger charge is 2.14. The number of carbonyl (C=O) groups excluding carboxylic acids is 2. The number of halogens is 1. The van der Waals surface area contributed by atoms with Crippen molar-refractivity contribution in [3.05, 3.63) is 66.1 Å². The maximum Gasteiger partial charge on any atom is 0.277 e. The lowest BCUT2D eigenvalue weighted by Crippen LogP contribution is -2.12. The van der Waals surface area contributed by atoms with E-state index in [1.807, 2.05) is 0 Å². The van der Waals surface area contributed by atoms with Crippen LogP contribution < -0.4 is 10.6 Å². The Hall–Kier alpha value is -3.48. The van der Waals surface area contributed by atoms with E-state index in [-0.39, 0.29) is 17.4 Å². The van der Waals surface area contributed by atoms with Crippen molar-refractivity contribution < 1.29 is 18.5 Å². The predicted molar refractivity (Wildman–Crippen MR) is 90.6 cm³/mol. The van der Waals surface area contributed by atoms with E-state index in [9.17, 15) is 14.0 Å². The second kappa shape index (κ2) is 6.96. The lowest BCUT2D eigenvalue weighted by atomic mass is 10.1. The van der Waals surface area contributed by atoms with Crippen LogP contribution in [0, 0.1) is 5.82 Å². The summed E-state index contributed by atoms with van der Waals surface area (Å²) in [5, 5.41) is 9.05. The summed E-state index contributed by atoms with van der Waals surface area (Å²) in [5.74, 6) is -0.604. The minimum absolute atomic E-state index is 0.102. The summed E-state index contributed by atoms with van der Waals surface area (Å²) in [5.41, 5.74) is 1.90. The largest absolute Gasteiger partial charge is 0.355 e. The Labute approximate surface area is 142 Å². The molecule has 0 aliphatic carbocycles. The Bertz CT molecular complexity index is 902. The molecule has 0 saturated heterocycles. The first kappa shape index (κ1) is 16.4. The molecule has 25 heavy (non-hydrogen) atoms. The fourth-order valence-corrected chi connectivity index (χ4v) is 2.17. The number of benzene rings is 2. The molecule has 0 aliphatic heterocycles. The minimum atomic E-state index is -0.440. The molecule has 1 heterocycles. The number of nitrogens with zero attached hydrogens (tertiary/aromatic N) is 1. The summed E-state index contributed by atoms with van der Waals surface area (Å²) in [7, 11) is 0. The molecule has 7 heteroatoms. The minimum Gasteiger partial charge on any atom is -0.355 e. The Morgan fingerprint density at radius 1 is 0.960 bits per heavy atom. The van der Waals surface area contributed by atoms with Crippen LogP contribution in [0.15, 0.2) is 59.1 Å². The van der Waals surface area contributed by atoms with Gasteiger partial charge in [0.05, 0.1) is 0 Å². The number of anilines is 2. The maximum absolute atomic E-state index is 12.9. The fourth-order valence-electron chi connectivity index (χ4n) is 2.17. The van der Waals surface area contributed by atoms with Crippen LogP contribution in [0.2, 0.25) is 0 Å². The molecule has 2 amide bonds. The molecule has 1 aromatic heterocycles. The highest BCUT2D eigenvalue weighted by atomic mass is 19.1. The van der Waals surface area contributed by atoms with E-state index in [4.69, 9.17) is 4.52 Å². The molecular weight excluding hydrogens is 325 g/mol. The standard InChI is InChI=1S/C18H14FN3O3/c1-11(23)20-14-6-8-15(9-7-14)21-18(24)16-10-17(25-22-16)12-2-4-13(19)5-3-12/h2-10H,1H3,(H,20,23)(H,21,24). The lowest BCUT2D eigenvalue weighted by molar-refractivity contribution is -0.114. The number of rotatable bonds is 4. The van der Waals surface area contributed by atoms with Crippen LogP contribution in [-0.4, -0.2) is 17.0 Å². The summed E-state index contributed by atoms with van der Waals surface area (Å²) in [6.45, 7) is 1.42. The number of carbonyl (C=O) groups is 2. The van der Waals surface area contributed by atoms with Gasteiger partial charge in [-0.3, -0.25) is 9.59 Å². The average Bonchev–Trinajstić information content (AvgIpc) is 3.07. The van der Waals surface area contributed by atoms with Crippen molar-refractivity contribution in [3.8, 4) is 11.3 Å². The fraction of sp³-hybridized carbons (Fsp3) is 0.0556. The normalized spacial score (nSPS) is 10.3. The van der Waals surface area contributed by atoms with Gasteiger partial charge >= 0.3 is 0 Å². The van der Waals surface area contributed by atoms with Gasteiger partial charge in [0.1, 0.15) is 5.82 Å². The number of nitrogens with one attached hydrogen (secondary N) is 2. The Kier molecular flexibility index (Phi) is 4.56. The zero-order valence-corrected chi connectivity index (χ0v) is 13.2. The van der Waals surface area contributed by atoms with Crippen LogP contribution >= 0.6 is 0 Å². The first-order chi connectivity index (χ1) is 12.0. The Morgan fingerprint density at radius 3 is 2.16 bits per heavy atom. The van der Waals surface area contributed by atoms with Gasteiger partial charge in [0.15, 0.2) is 11.5 Å². The SMILES string of the molecule is CC(=O)Nc1ccc(NC(=O)c2cc(-c3ccc(F)cc3)on2)cc1. The van der Waals surface area contributed by atoms with Crippen LogP contribution in [0.5, 0.6) is 0 Å². The van der Waals surface area contributed by atoms with Gasteiger partial charge in [-0.1, -0.05) is 5.16 Å². The van der Waals surface area contributed by atoms with Gasteiger partial charge in [-0.25, -0.2) is 4.39 Å². The van der Waals surface area contributed by atoms with Crippen LogP contribution in [0.4, 0.5) is 15.8 Å². The zero-order chi connectivity index (χ0) is 17.8. The second-order valence-electron chi connectivity index (χ2n) is 5.30. The van der Waals surface area contributed by atoms with Crippen LogP contribution in [0.25, 0.3) is 11.3 Å². The van der Waals surface area contributed by atoms with E-state index in [0.29, 0.717) is 22.7 Å². The molecule has 6 nitrogen and oxygen atoms in total. The summed E-state index contributed by atoms with van der Waals surface area (Å²) >= 11 is 0. The molecular formula is C18H14FN3O3. The Morgan fingerprint density at radius 2 is 1.56 bits per heavy atom. The highest BCUT2D eigenvalue weighted by molar-refractivity contribution is 6.03. The summed E-state index contributed by atoms with van der Waals surface area (Å²) in [4.78, 5) is 23.2. The lowest BCUT2D eigenvalue weighted by Gasteiger charge is -2.05. The van der Waals surface area contributed by atoms with Gasteiger partial charge in [-0.2, -0.15) is 0 Å². The molecule has 0 atom stereocenters. The zero-order valence-electron chi connectivity index (χ0n) is 13.2. The third kappa shape index (κ3) is 4.08. The van der Waals surface area contributed by atoms with E-state index in [2.05, 4.69) is 15.8 Å². The van der Waals surface area contributed by atoms with Crippen LogP contribution in [0.1, 0.15) is 17.4 Å². The number of hydrogen-bond donors (Lipinski definition) is 2. The molecule has 0 fully saturated rings. The summed E-state index contributed by atoms with van der Waals surface area (Å²) in [6.07, 6.45) is 0. The van der Waals surface area contributed by atoms with E-state index in [1.54, 1.807) is 24.3 Å². The predicted octanol–water partition coefficient (Wildman–Crippen LogP) is 3.69. The second-order valence-corrected chi connectivity index (χ2v) is 5.30. The highest BCUT2D eigenvalue weighted by Crippen LogP contribution is 2.21. The van der Waals surface area contributed by atoms with E-state index >= 15 is 0 Å². The molecule has 3 aromatic rings. The Balaban J connectivity index is 1.69. The van der Waals surface area contributed by atoms with Crippen molar-refractivity contribution in [2.75, 3.05) is 10.6 Å². The van der Waals surface area contributed by atoms with Gasteiger partial charge in [-0.05, 0) is 48.5 Å². The molecule has 0 radical (unpaired) electrons. The van der Waals surface area contributed by atoms with Crippen LogP contribution in [0.3, 0.4) is 0 Å². The molecule has 3 rings (SSSR count). The van der Waals surface area contributed by atoms with E-state index in [0.717, 1.165) is 0 Å². The van der Waals surface area contributed by atoms with E-state index < -0.39 is 5.91 Å². The smallest absolute Gasteiger partial charge is 0.277 e. The number of aromatic nitrogens is 1. The number of hydrogen-bond acceptors (Lipinski definition) is 4. The molecule has 0 saturated carbocycles. The number of amides is 2. The molecule has 126 valence electrons. The van der Waals surface area contributed by atoms with Crippen molar-refractivity contribution in [2.45, 2.75) is 6.92 Å². The first-order valence-electron chi connectivity index (χ1n) is 7.43. The maximum atomic E-state index is 12.9. The van der Waals surface area contributed by atoms with Crippen molar-refractivity contribution in [1.82, 2.24) is 5.16 Å². The molecule has 0 spiro atoms. The van der Waals surface area contributed by atoms with Gasteiger partial charge < -0.3 is 15.2 Å². The topological polar surface area (TPSA) is 84.2 Å². The first-order valence-corrected chi connectivity index (χ1v) is 7.43. The monoisotopic (exact) mass is 339 g/mol. The third-order valence-electron chi connectivity index (χ3n) is 3.33. The quantitative estimate of drug-likeness (QED) is 0.759. The third-order valence-corrected chi connectivity index (χ3v) is 3.33. The summed E-state index contributed by atoms with van der Waals surface area (Å²) in [6, 6.07) is 13.8. The molecule has 2 aromatic carbocycles. The molecule has 0 aliphatic rings. The van der Waals surface area contributed by atoms with Crippen molar-refractivity contribution in [3.63, 3.8) is 0 Å². The summed E-state index contributed by atoms with van der Waals surface area (Å²) < 4.78 is 18.1. The van der Waals surface area contributed by atoms with Crippen molar-refractivity contribution in [1.29, 1.82) is 0 Å². The van der Waals surface area contributed by atoms with Crippen molar-refractivity contribution in [2.24, 2.45) is 0 Å². The van der Waals surface area contributed by atoms with Gasteiger partial charge in [0, 0.05) is 29.9 Å². The van der Waals surface area contributed by atoms with Gasteiger partial charge in [0.2, 0.25) is 5.91 Å². The van der Waals surface area contributed by atoms with E-state index in [1.165, 1.54) is 37.3 Å². The van der Waals surface area contributed by atoms with Gasteiger partial charge in [-0.15, -0.1) is 0 Å².